The molecule has 2 heterocycles. The molecule has 0 spiro atoms. The fourth-order valence-corrected chi connectivity index (χ4v) is 1.67. The smallest absolute Gasteiger partial charge is 0.304 e. The van der Waals surface area contributed by atoms with Gasteiger partial charge >= 0.3 is 5.97 Å². The number of carboxylic acids is 1. The number of imidazole rings is 1. The van der Waals surface area contributed by atoms with E-state index in [0.29, 0.717) is 0 Å². The second-order valence-corrected chi connectivity index (χ2v) is 3.88. The Bertz CT molecular complexity index is 533. The molecule has 0 aliphatic carbocycles. The maximum Gasteiger partial charge on any atom is 0.304 e. The number of hydrogen-bond acceptors (Lipinski definition) is 3. The number of nitrogens with zero attached hydrogens (tertiary/aromatic N) is 3. The molecule has 1 unspecified atom stereocenters. The molecular weight excluding hydrogens is 206 g/mol. The first-order valence-corrected chi connectivity index (χ1v) is 5.10. The summed E-state index contributed by atoms with van der Waals surface area (Å²) in [5, 5.41) is 8.73. The van der Waals surface area contributed by atoms with Crippen LogP contribution in [0.15, 0.2) is 18.5 Å². The zero-order chi connectivity index (χ0) is 11.7. The first-order chi connectivity index (χ1) is 7.58. The minimum Gasteiger partial charge on any atom is -0.481 e. The summed E-state index contributed by atoms with van der Waals surface area (Å²) in [6, 6.07) is 1.81. The van der Waals surface area contributed by atoms with E-state index in [1.54, 1.807) is 6.20 Å². The van der Waals surface area contributed by atoms with Crippen molar-refractivity contribution in [2.45, 2.75) is 26.2 Å². The predicted molar refractivity (Wildman–Crippen MR) is 58.4 cm³/mol. The van der Waals surface area contributed by atoms with E-state index in [-0.39, 0.29) is 12.3 Å². The molecule has 2 rings (SSSR count). The lowest BCUT2D eigenvalue weighted by molar-refractivity contribution is -0.137. The van der Waals surface area contributed by atoms with Crippen LogP contribution in [0.2, 0.25) is 0 Å². The van der Waals surface area contributed by atoms with Crippen molar-refractivity contribution < 1.29 is 9.90 Å². The van der Waals surface area contributed by atoms with Crippen molar-refractivity contribution >= 4 is 11.6 Å². The molecule has 0 saturated heterocycles. The van der Waals surface area contributed by atoms with E-state index >= 15 is 0 Å². The molecule has 0 bridgehead atoms. The average Bonchev–Trinajstić information content (AvgIpc) is 2.61. The molecule has 84 valence electrons. The Morgan fingerprint density at radius 1 is 1.62 bits per heavy atom. The summed E-state index contributed by atoms with van der Waals surface area (Å²) < 4.78 is 1.87. The van der Waals surface area contributed by atoms with Crippen LogP contribution in [0.1, 0.15) is 30.8 Å². The van der Waals surface area contributed by atoms with Gasteiger partial charge in [0, 0.05) is 18.3 Å². The summed E-state index contributed by atoms with van der Waals surface area (Å²) in [7, 11) is 0. The van der Waals surface area contributed by atoms with Crippen molar-refractivity contribution in [3.63, 3.8) is 0 Å². The lowest BCUT2D eigenvalue weighted by atomic mass is 10.1. The number of rotatable bonds is 3. The Morgan fingerprint density at radius 2 is 2.38 bits per heavy atom. The van der Waals surface area contributed by atoms with E-state index in [2.05, 4.69) is 9.97 Å². The fraction of sp³-hybridized carbons (Fsp3) is 0.364. The first-order valence-electron chi connectivity index (χ1n) is 5.10. The Morgan fingerprint density at radius 3 is 3.00 bits per heavy atom. The van der Waals surface area contributed by atoms with Crippen LogP contribution in [-0.4, -0.2) is 25.4 Å². The molecular formula is C11H13N3O2. The van der Waals surface area contributed by atoms with Crippen LogP contribution >= 0.6 is 0 Å². The molecule has 1 atom stereocenters. The minimum absolute atomic E-state index is 0.0863. The van der Waals surface area contributed by atoms with E-state index in [1.165, 1.54) is 0 Å². The highest BCUT2D eigenvalue weighted by atomic mass is 16.4. The number of hydrogen-bond donors (Lipinski definition) is 1. The second kappa shape index (κ2) is 3.92. The van der Waals surface area contributed by atoms with Crippen LogP contribution < -0.4 is 0 Å². The second-order valence-electron chi connectivity index (χ2n) is 3.88. The van der Waals surface area contributed by atoms with Gasteiger partial charge in [-0.2, -0.15) is 0 Å². The summed E-state index contributed by atoms with van der Waals surface area (Å²) in [5.41, 5.74) is 1.60. The van der Waals surface area contributed by atoms with Crippen molar-refractivity contribution in [2.24, 2.45) is 0 Å². The third-order valence-electron chi connectivity index (χ3n) is 2.57. The normalized spacial score (nSPS) is 12.9. The monoisotopic (exact) mass is 219 g/mol. The van der Waals surface area contributed by atoms with Crippen molar-refractivity contribution in [2.75, 3.05) is 0 Å². The molecule has 0 aliphatic rings. The number of carbonyl (C=O) groups is 1. The zero-order valence-electron chi connectivity index (χ0n) is 9.21. The Balaban J connectivity index is 2.39. The Labute approximate surface area is 92.8 Å². The third-order valence-corrected chi connectivity index (χ3v) is 2.57. The standard InChI is InChI=1S/C11H13N3O2/c1-7(5-11(15)16)9-6-14-8(2)12-4-3-10(14)13-9/h3-4,6-7H,5H2,1-2H3,(H,15,16). The Hall–Kier alpha value is -1.91. The van der Waals surface area contributed by atoms with Gasteiger partial charge in [-0.1, -0.05) is 6.92 Å². The van der Waals surface area contributed by atoms with Gasteiger partial charge in [0.1, 0.15) is 11.5 Å². The summed E-state index contributed by atoms with van der Waals surface area (Å²) in [6.07, 6.45) is 3.64. The van der Waals surface area contributed by atoms with Gasteiger partial charge in [0.15, 0.2) is 0 Å². The van der Waals surface area contributed by atoms with Crippen LogP contribution in [0.5, 0.6) is 0 Å². The fourth-order valence-electron chi connectivity index (χ4n) is 1.67. The highest BCUT2D eigenvalue weighted by Gasteiger charge is 2.14. The van der Waals surface area contributed by atoms with Crippen molar-refractivity contribution in [3.05, 3.63) is 30.0 Å². The number of aryl methyl sites for hydroxylation is 1. The Kier molecular flexibility index (Phi) is 2.60. The van der Waals surface area contributed by atoms with Gasteiger partial charge < -0.3 is 5.11 Å². The van der Waals surface area contributed by atoms with Crippen LogP contribution in [-0.2, 0) is 4.79 Å². The lowest BCUT2D eigenvalue weighted by Crippen LogP contribution is -2.02. The zero-order valence-corrected chi connectivity index (χ0v) is 9.21. The van der Waals surface area contributed by atoms with Gasteiger partial charge in [-0.3, -0.25) is 9.20 Å². The van der Waals surface area contributed by atoms with Gasteiger partial charge in [0.25, 0.3) is 0 Å². The molecule has 16 heavy (non-hydrogen) atoms. The van der Waals surface area contributed by atoms with Gasteiger partial charge in [-0.15, -0.1) is 0 Å². The highest BCUT2D eigenvalue weighted by molar-refractivity contribution is 5.67. The van der Waals surface area contributed by atoms with Gasteiger partial charge in [-0.25, -0.2) is 9.97 Å². The molecule has 0 aliphatic heterocycles. The number of fused-ring (bicyclic) bond motifs is 1. The summed E-state index contributed by atoms with van der Waals surface area (Å²) in [4.78, 5) is 19.2. The van der Waals surface area contributed by atoms with E-state index in [1.807, 2.05) is 30.5 Å². The van der Waals surface area contributed by atoms with E-state index in [0.717, 1.165) is 17.2 Å². The predicted octanol–water partition coefficient (Wildman–Crippen LogP) is 1.62. The molecule has 1 N–H and O–H groups in total. The number of carboxylic acid groups (broad SMARTS) is 1. The van der Waals surface area contributed by atoms with Crippen molar-refractivity contribution in [1.82, 2.24) is 14.4 Å². The molecule has 0 saturated carbocycles. The van der Waals surface area contributed by atoms with Crippen molar-refractivity contribution in [1.29, 1.82) is 0 Å². The largest absolute Gasteiger partial charge is 0.481 e. The van der Waals surface area contributed by atoms with Gasteiger partial charge in [0.05, 0.1) is 12.1 Å². The molecule has 0 radical (unpaired) electrons. The van der Waals surface area contributed by atoms with E-state index in [4.69, 9.17) is 5.11 Å². The van der Waals surface area contributed by atoms with Crippen LogP contribution in [0.3, 0.4) is 0 Å². The SMILES string of the molecule is Cc1nccc2nc(C(C)CC(=O)O)cn12. The summed E-state index contributed by atoms with van der Waals surface area (Å²) >= 11 is 0. The van der Waals surface area contributed by atoms with E-state index < -0.39 is 5.97 Å². The molecule has 2 aromatic rings. The van der Waals surface area contributed by atoms with Crippen LogP contribution in [0, 0.1) is 6.92 Å². The summed E-state index contributed by atoms with van der Waals surface area (Å²) in [5.74, 6) is -0.0463. The van der Waals surface area contributed by atoms with Crippen LogP contribution in [0.25, 0.3) is 5.65 Å². The molecule has 5 nitrogen and oxygen atoms in total. The lowest BCUT2D eigenvalue weighted by Gasteiger charge is -2.02. The molecule has 0 fully saturated rings. The number of aliphatic carboxylic acids is 1. The summed E-state index contributed by atoms with van der Waals surface area (Å²) in [6.45, 7) is 3.75. The van der Waals surface area contributed by atoms with Crippen LogP contribution in [0.4, 0.5) is 0 Å². The topological polar surface area (TPSA) is 67.5 Å². The highest BCUT2D eigenvalue weighted by Crippen LogP contribution is 2.18. The molecule has 2 aromatic heterocycles. The molecule has 0 aromatic carbocycles. The number of aromatic nitrogens is 3. The molecule has 0 amide bonds. The van der Waals surface area contributed by atoms with E-state index in [9.17, 15) is 4.79 Å². The maximum atomic E-state index is 10.6. The van der Waals surface area contributed by atoms with Gasteiger partial charge in [-0.05, 0) is 13.0 Å². The third kappa shape index (κ3) is 1.88. The maximum absolute atomic E-state index is 10.6. The first kappa shape index (κ1) is 10.6. The molecule has 5 heteroatoms. The quantitative estimate of drug-likeness (QED) is 0.851. The van der Waals surface area contributed by atoms with Crippen molar-refractivity contribution in [3.8, 4) is 0 Å². The minimum atomic E-state index is -0.806. The van der Waals surface area contributed by atoms with Gasteiger partial charge in [0.2, 0.25) is 0 Å². The average molecular weight is 219 g/mol.